The fourth-order valence-electron chi connectivity index (χ4n) is 5.43. The molecule has 0 aromatic rings. The van der Waals surface area contributed by atoms with E-state index in [-0.39, 0.29) is 23.8 Å². The van der Waals surface area contributed by atoms with Crippen molar-refractivity contribution in [3.8, 4) is 0 Å². The van der Waals surface area contributed by atoms with E-state index in [4.69, 9.17) is 26.6 Å². The van der Waals surface area contributed by atoms with Crippen molar-refractivity contribution >= 4 is 29.4 Å². The number of amides is 2. The molecule has 0 aromatic heterocycles. The highest BCUT2D eigenvalue weighted by Crippen LogP contribution is 2.28. The predicted octanol–water partition coefficient (Wildman–Crippen LogP) is 5.46. The van der Waals surface area contributed by atoms with E-state index in [0.717, 1.165) is 44.6 Å². The molecule has 0 aliphatic heterocycles. The first-order valence-electron chi connectivity index (χ1n) is 15.7. The average Bonchev–Trinajstić information content (AvgIpc) is 2.91. The molecule has 2 unspecified atom stereocenters. The molecule has 0 bridgehead atoms. The molecule has 12 heteroatoms. The number of nitrogens with one attached hydrogen (secondary N) is 2. The third kappa shape index (κ3) is 14.3. The van der Waals surface area contributed by atoms with Crippen LogP contribution in [-0.2, 0) is 31.4 Å². The maximum Gasteiger partial charge on any atom is 0.500 e. The zero-order chi connectivity index (χ0) is 29.7. The summed E-state index contributed by atoms with van der Waals surface area (Å²) >= 11 is 0. The van der Waals surface area contributed by atoms with Crippen LogP contribution in [0.5, 0.6) is 0 Å². The minimum atomic E-state index is -2.70. The maximum atomic E-state index is 12.9. The van der Waals surface area contributed by atoms with E-state index >= 15 is 0 Å². The summed E-state index contributed by atoms with van der Waals surface area (Å²) in [5.74, 6) is 0.448. The lowest BCUT2D eigenvalue weighted by atomic mass is 9.81. The van der Waals surface area contributed by atoms with Gasteiger partial charge in [0.25, 0.3) is 0 Å². The number of carbonyl (C=O) groups excluding carboxylic acids is 2. The van der Waals surface area contributed by atoms with E-state index in [1.54, 1.807) is 0 Å². The van der Waals surface area contributed by atoms with Crippen molar-refractivity contribution in [2.45, 2.75) is 117 Å². The molecule has 40 heavy (non-hydrogen) atoms. The molecule has 2 N–H and O–H groups in total. The molecular weight excluding hydrogens is 548 g/mol. The molecule has 1 aliphatic rings. The van der Waals surface area contributed by atoms with Gasteiger partial charge in [-0.3, -0.25) is 4.79 Å². The zero-order valence-electron chi connectivity index (χ0n) is 26.1. The zero-order valence-corrected chi connectivity index (χ0v) is 28.1. The van der Waals surface area contributed by atoms with Crippen LogP contribution in [0.4, 0.5) is 4.79 Å². The van der Waals surface area contributed by atoms with Gasteiger partial charge in [-0.2, -0.15) is 0 Å². The quantitative estimate of drug-likeness (QED) is 0.110. The van der Waals surface area contributed by atoms with Gasteiger partial charge in [-0.15, -0.1) is 0 Å². The van der Waals surface area contributed by atoms with Crippen LogP contribution in [0.3, 0.4) is 0 Å². The molecule has 2 atom stereocenters. The van der Waals surface area contributed by atoms with Crippen LogP contribution in [0.2, 0.25) is 12.1 Å². The first kappa shape index (κ1) is 37.2. The second-order valence-corrected chi connectivity index (χ2v) is 15.5. The lowest BCUT2D eigenvalue weighted by molar-refractivity contribution is -0.120. The molecule has 236 valence electrons. The lowest BCUT2D eigenvalue weighted by Crippen LogP contribution is -2.48. The Morgan fingerprint density at radius 1 is 0.675 bits per heavy atom. The summed E-state index contributed by atoms with van der Waals surface area (Å²) in [7, 11) is -5.37. The molecular formula is C28H58N2O8Si2. The number of urea groups is 1. The molecule has 10 nitrogen and oxygen atoms in total. The monoisotopic (exact) mass is 606 g/mol. The molecule has 1 saturated carbocycles. The van der Waals surface area contributed by atoms with Crippen LogP contribution >= 0.6 is 0 Å². The Bertz CT molecular complexity index is 599. The summed E-state index contributed by atoms with van der Waals surface area (Å²) in [6, 6.07) is 1.24. The molecule has 0 heterocycles. The van der Waals surface area contributed by atoms with Crippen LogP contribution in [0, 0.1) is 5.92 Å². The van der Waals surface area contributed by atoms with Crippen molar-refractivity contribution in [3.05, 3.63) is 0 Å². The van der Waals surface area contributed by atoms with Crippen molar-refractivity contribution in [1.29, 1.82) is 0 Å². The molecule has 1 rings (SSSR count). The van der Waals surface area contributed by atoms with E-state index < -0.39 is 17.6 Å². The van der Waals surface area contributed by atoms with Gasteiger partial charge in [0.15, 0.2) is 0 Å². The van der Waals surface area contributed by atoms with Gasteiger partial charge in [0.05, 0.1) is 0 Å². The van der Waals surface area contributed by atoms with Crippen LogP contribution in [0.15, 0.2) is 0 Å². The van der Waals surface area contributed by atoms with Crippen LogP contribution in [0.1, 0.15) is 99.3 Å². The average molecular weight is 607 g/mol. The Morgan fingerprint density at radius 3 is 1.65 bits per heavy atom. The lowest BCUT2D eigenvalue weighted by Gasteiger charge is -2.32. The third-order valence-electron chi connectivity index (χ3n) is 7.03. The van der Waals surface area contributed by atoms with Gasteiger partial charge in [0.2, 0.25) is 0 Å². The van der Waals surface area contributed by atoms with Crippen LogP contribution < -0.4 is 10.6 Å². The van der Waals surface area contributed by atoms with Gasteiger partial charge in [-0.05, 0) is 79.6 Å². The van der Waals surface area contributed by atoms with E-state index in [1.165, 1.54) is 0 Å². The minimum Gasteiger partial charge on any atom is -0.374 e. The second kappa shape index (κ2) is 21.8. The summed E-state index contributed by atoms with van der Waals surface area (Å²) in [6.45, 7) is 15.5. The second-order valence-electron chi connectivity index (χ2n) is 10.1. The van der Waals surface area contributed by atoms with Crippen molar-refractivity contribution in [3.63, 3.8) is 0 Å². The van der Waals surface area contributed by atoms with E-state index in [2.05, 4.69) is 10.6 Å². The number of ketones is 1. The number of hydrogen-bond acceptors (Lipinski definition) is 8. The smallest absolute Gasteiger partial charge is 0.374 e. The topological polar surface area (TPSA) is 114 Å². The van der Waals surface area contributed by atoms with Crippen LogP contribution in [0.25, 0.3) is 0 Å². The summed E-state index contributed by atoms with van der Waals surface area (Å²) in [4.78, 5) is 25.6. The SMILES string of the molecule is CCO[Si](CCCCC(=O)CC1CCCCC1NC(=O)NCCC[Si](OCC)(OCC)OCC)(OCC)OCC. The Kier molecular flexibility index (Phi) is 20.2. The molecule has 0 aromatic carbocycles. The molecule has 0 saturated heterocycles. The van der Waals surface area contributed by atoms with Crippen molar-refractivity contribution in [2.24, 2.45) is 5.92 Å². The number of Topliss-reactive ketones (excluding diaryl/α,β-unsaturated/α-hetero) is 1. The Hall–Kier alpha value is -0.866. The molecule has 0 spiro atoms. The fraction of sp³-hybridized carbons (Fsp3) is 0.929. The van der Waals surface area contributed by atoms with Gasteiger partial charge in [0.1, 0.15) is 5.78 Å². The normalized spacial score (nSPS) is 18.1. The maximum absolute atomic E-state index is 12.9. The number of rotatable bonds is 24. The highest BCUT2D eigenvalue weighted by Gasteiger charge is 2.40. The van der Waals surface area contributed by atoms with Crippen molar-refractivity contribution in [2.75, 3.05) is 46.2 Å². The number of unbranched alkanes of at least 4 members (excludes halogenated alkanes) is 1. The first-order valence-corrected chi connectivity index (χ1v) is 19.6. The highest BCUT2D eigenvalue weighted by molar-refractivity contribution is 6.61. The Morgan fingerprint density at radius 2 is 1.15 bits per heavy atom. The van der Waals surface area contributed by atoms with Gasteiger partial charge in [-0.25, -0.2) is 4.79 Å². The highest BCUT2D eigenvalue weighted by atomic mass is 28.4. The van der Waals surface area contributed by atoms with Gasteiger partial charge in [0, 0.05) is 77.2 Å². The molecule has 1 aliphatic carbocycles. The summed E-state index contributed by atoms with van der Waals surface area (Å²) < 4.78 is 35.4. The minimum absolute atomic E-state index is 0.0235. The Labute approximate surface area is 245 Å². The Balaban J connectivity index is 2.48. The molecule has 2 amide bonds. The van der Waals surface area contributed by atoms with Gasteiger partial charge >= 0.3 is 23.6 Å². The van der Waals surface area contributed by atoms with E-state index in [1.807, 2.05) is 41.5 Å². The summed E-state index contributed by atoms with van der Waals surface area (Å²) in [5.41, 5.74) is 0. The number of carbonyl (C=O) groups is 2. The summed E-state index contributed by atoms with van der Waals surface area (Å²) in [5, 5.41) is 6.13. The van der Waals surface area contributed by atoms with Crippen LogP contribution in [-0.4, -0.2) is 81.7 Å². The van der Waals surface area contributed by atoms with E-state index in [9.17, 15) is 9.59 Å². The van der Waals surface area contributed by atoms with Gasteiger partial charge in [-0.1, -0.05) is 12.8 Å². The van der Waals surface area contributed by atoms with E-state index in [0.29, 0.717) is 71.5 Å². The summed E-state index contributed by atoms with van der Waals surface area (Å²) in [6.07, 6.45) is 7.45. The standard InChI is InChI=1S/C28H58N2O8Si2/c1-7-33-39(34-8-2,35-9-3)22-16-15-19-26(31)24-25-18-13-14-20-27(25)30-28(32)29-21-17-23-40(36-10-4,37-11-5)38-12-6/h25,27H,7-24H2,1-6H3,(H2,29,30,32). The van der Waals surface area contributed by atoms with Crippen molar-refractivity contribution in [1.82, 2.24) is 10.6 Å². The third-order valence-corrected chi connectivity index (χ3v) is 13.3. The largest absolute Gasteiger partial charge is 0.500 e. The fourth-order valence-corrected chi connectivity index (χ4v) is 10.7. The predicted molar refractivity (Wildman–Crippen MR) is 161 cm³/mol. The molecule has 1 fully saturated rings. The van der Waals surface area contributed by atoms with Gasteiger partial charge < -0.3 is 37.2 Å². The molecule has 0 radical (unpaired) electrons. The van der Waals surface area contributed by atoms with Crippen molar-refractivity contribution < 1.29 is 36.1 Å². The first-order chi connectivity index (χ1) is 19.3. The number of hydrogen-bond donors (Lipinski definition) is 2.